The van der Waals surface area contributed by atoms with E-state index in [1.54, 1.807) is 18.6 Å². The van der Waals surface area contributed by atoms with Gasteiger partial charge in [0.25, 0.3) is 0 Å². The molecule has 94 valence electrons. The van der Waals surface area contributed by atoms with Crippen LogP contribution < -0.4 is 11.1 Å². The van der Waals surface area contributed by atoms with Crippen molar-refractivity contribution >= 4 is 5.82 Å². The molecule has 2 heterocycles. The highest BCUT2D eigenvalue weighted by atomic mass is 15.0. The zero-order valence-electron chi connectivity index (χ0n) is 10.2. The third kappa shape index (κ3) is 3.78. The van der Waals surface area contributed by atoms with E-state index in [9.17, 15) is 0 Å². The van der Waals surface area contributed by atoms with Crippen LogP contribution in [-0.4, -0.2) is 28.0 Å². The predicted octanol–water partition coefficient (Wildman–Crippen LogP) is 1.03. The molecule has 0 aliphatic rings. The Morgan fingerprint density at radius 2 is 1.89 bits per heavy atom. The second-order valence-corrected chi connectivity index (χ2v) is 3.93. The molecule has 0 aliphatic heterocycles. The van der Waals surface area contributed by atoms with Crippen molar-refractivity contribution < 1.29 is 0 Å². The second-order valence-electron chi connectivity index (χ2n) is 3.93. The van der Waals surface area contributed by atoms with Crippen LogP contribution >= 0.6 is 0 Å². The van der Waals surface area contributed by atoms with Gasteiger partial charge in [0.2, 0.25) is 0 Å². The van der Waals surface area contributed by atoms with Gasteiger partial charge in [-0.25, -0.2) is 9.97 Å². The molecular weight excluding hydrogens is 226 g/mol. The van der Waals surface area contributed by atoms with Gasteiger partial charge in [-0.15, -0.1) is 0 Å². The molecule has 2 aromatic rings. The molecule has 2 aromatic heterocycles. The van der Waals surface area contributed by atoms with Gasteiger partial charge in [0.05, 0.1) is 0 Å². The average Bonchev–Trinajstić information content (AvgIpc) is 2.41. The Bertz CT molecular complexity index is 472. The van der Waals surface area contributed by atoms with Crippen molar-refractivity contribution in [2.24, 2.45) is 5.73 Å². The number of pyridine rings is 1. The molecule has 0 saturated heterocycles. The summed E-state index contributed by atoms with van der Waals surface area (Å²) >= 11 is 0. The summed E-state index contributed by atoms with van der Waals surface area (Å²) in [4.78, 5) is 12.5. The largest absolute Gasteiger partial charge is 0.370 e. The molecule has 0 spiro atoms. The molecule has 0 amide bonds. The number of hydrogen-bond donors (Lipinski definition) is 2. The number of rotatable bonds is 6. The first kappa shape index (κ1) is 12.4. The van der Waals surface area contributed by atoms with Crippen LogP contribution in [0.25, 0.3) is 0 Å². The molecule has 2 rings (SSSR count). The molecule has 0 fully saturated rings. The number of nitrogens with zero attached hydrogens (tertiary/aromatic N) is 3. The fourth-order valence-corrected chi connectivity index (χ4v) is 1.63. The molecule has 5 heteroatoms. The lowest BCUT2D eigenvalue weighted by Crippen LogP contribution is -2.10. The topological polar surface area (TPSA) is 76.7 Å². The molecule has 0 aromatic carbocycles. The monoisotopic (exact) mass is 243 g/mol. The molecule has 0 atom stereocenters. The van der Waals surface area contributed by atoms with E-state index in [0.29, 0.717) is 13.0 Å². The quantitative estimate of drug-likeness (QED) is 0.792. The van der Waals surface area contributed by atoms with E-state index in [1.807, 2.05) is 18.2 Å². The lowest BCUT2D eigenvalue weighted by atomic mass is 10.2. The maximum atomic E-state index is 5.48. The van der Waals surface area contributed by atoms with Crippen LogP contribution in [-0.2, 0) is 12.8 Å². The minimum atomic E-state index is 0.570. The molecule has 0 aliphatic carbocycles. The Balaban J connectivity index is 1.84. The summed E-state index contributed by atoms with van der Waals surface area (Å²) < 4.78 is 0. The zero-order valence-corrected chi connectivity index (χ0v) is 10.2. The molecule has 18 heavy (non-hydrogen) atoms. The Morgan fingerprint density at radius 3 is 2.67 bits per heavy atom. The molecule has 5 nitrogen and oxygen atoms in total. The lowest BCUT2D eigenvalue weighted by molar-refractivity contribution is 0.864. The molecule has 0 unspecified atom stereocenters. The van der Waals surface area contributed by atoms with Crippen molar-refractivity contribution in [3.63, 3.8) is 0 Å². The SMILES string of the molecule is NCCc1nccc(NCCc2ccncc2)n1. The van der Waals surface area contributed by atoms with Crippen LogP contribution in [0.2, 0.25) is 0 Å². The zero-order chi connectivity index (χ0) is 12.6. The van der Waals surface area contributed by atoms with Gasteiger partial charge in [-0.3, -0.25) is 4.98 Å². The minimum Gasteiger partial charge on any atom is -0.370 e. The van der Waals surface area contributed by atoms with Crippen molar-refractivity contribution in [2.75, 3.05) is 18.4 Å². The number of nitrogens with one attached hydrogen (secondary N) is 1. The van der Waals surface area contributed by atoms with Crippen LogP contribution in [0.15, 0.2) is 36.8 Å². The summed E-state index contributed by atoms with van der Waals surface area (Å²) in [6.45, 7) is 1.41. The molecule has 0 bridgehead atoms. The van der Waals surface area contributed by atoms with Gasteiger partial charge in [-0.1, -0.05) is 0 Å². The summed E-state index contributed by atoms with van der Waals surface area (Å²) in [6.07, 6.45) is 7.02. The Hall–Kier alpha value is -2.01. The van der Waals surface area contributed by atoms with Crippen molar-refractivity contribution in [2.45, 2.75) is 12.8 Å². The number of hydrogen-bond acceptors (Lipinski definition) is 5. The summed E-state index contributed by atoms with van der Waals surface area (Å²) in [5, 5.41) is 3.28. The molecule has 0 saturated carbocycles. The highest BCUT2D eigenvalue weighted by Gasteiger charge is 1.98. The average molecular weight is 243 g/mol. The summed E-state index contributed by atoms with van der Waals surface area (Å²) in [5.41, 5.74) is 6.74. The third-order valence-electron chi connectivity index (χ3n) is 2.54. The fourth-order valence-electron chi connectivity index (χ4n) is 1.63. The smallest absolute Gasteiger partial charge is 0.131 e. The van der Waals surface area contributed by atoms with Gasteiger partial charge in [-0.05, 0) is 36.7 Å². The van der Waals surface area contributed by atoms with Crippen LogP contribution in [0.3, 0.4) is 0 Å². The van der Waals surface area contributed by atoms with E-state index in [2.05, 4.69) is 20.3 Å². The molecular formula is C13H17N5. The highest BCUT2D eigenvalue weighted by molar-refractivity contribution is 5.33. The number of aromatic nitrogens is 3. The van der Waals surface area contributed by atoms with E-state index in [0.717, 1.165) is 24.6 Å². The molecule has 3 N–H and O–H groups in total. The maximum absolute atomic E-state index is 5.48. The van der Waals surface area contributed by atoms with Crippen molar-refractivity contribution in [3.05, 3.63) is 48.2 Å². The molecule has 0 radical (unpaired) electrons. The number of nitrogens with two attached hydrogens (primary N) is 1. The van der Waals surface area contributed by atoms with E-state index in [4.69, 9.17) is 5.73 Å². The standard InChI is InChI=1S/C13H17N5/c14-6-1-12-17-10-5-13(18-12)16-9-4-11-2-7-15-8-3-11/h2-3,5,7-8,10H,1,4,6,9,14H2,(H,16,17,18). The first-order valence-corrected chi connectivity index (χ1v) is 6.03. The summed E-state index contributed by atoms with van der Waals surface area (Å²) in [5.74, 6) is 1.63. The lowest BCUT2D eigenvalue weighted by Gasteiger charge is -2.06. The van der Waals surface area contributed by atoms with Gasteiger partial charge in [0, 0.05) is 31.6 Å². The van der Waals surface area contributed by atoms with E-state index < -0.39 is 0 Å². The first-order chi connectivity index (χ1) is 8.88. The number of anilines is 1. The van der Waals surface area contributed by atoms with Crippen molar-refractivity contribution in [3.8, 4) is 0 Å². The van der Waals surface area contributed by atoms with Crippen LogP contribution in [0.5, 0.6) is 0 Å². The Morgan fingerprint density at radius 1 is 1.06 bits per heavy atom. The maximum Gasteiger partial charge on any atom is 0.131 e. The summed E-state index contributed by atoms with van der Waals surface area (Å²) in [7, 11) is 0. The Labute approximate surface area is 106 Å². The minimum absolute atomic E-state index is 0.570. The van der Waals surface area contributed by atoms with E-state index in [-0.39, 0.29) is 0 Å². The van der Waals surface area contributed by atoms with Crippen LogP contribution in [0.1, 0.15) is 11.4 Å². The van der Waals surface area contributed by atoms with Crippen molar-refractivity contribution in [1.29, 1.82) is 0 Å². The van der Waals surface area contributed by atoms with E-state index >= 15 is 0 Å². The second kappa shape index (κ2) is 6.66. The highest BCUT2D eigenvalue weighted by Crippen LogP contribution is 2.03. The van der Waals surface area contributed by atoms with Gasteiger partial charge < -0.3 is 11.1 Å². The van der Waals surface area contributed by atoms with Gasteiger partial charge >= 0.3 is 0 Å². The summed E-state index contributed by atoms with van der Waals surface area (Å²) in [6, 6.07) is 5.90. The normalized spacial score (nSPS) is 10.3. The van der Waals surface area contributed by atoms with Crippen LogP contribution in [0, 0.1) is 0 Å². The fraction of sp³-hybridized carbons (Fsp3) is 0.308. The van der Waals surface area contributed by atoms with Gasteiger partial charge in [-0.2, -0.15) is 0 Å². The van der Waals surface area contributed by atoms with Gasteiger partial charge in [0.1, 0.15) is 11.6 Å². The van der Waals surface area contributed by atoms with Crippen molar-refractivity contribution in [1.82, 2.24) is 15.0 Å². The van der Waals surface area contributed by atoms with Crippen LogP contribution in [0.4, 0.5) is 5.82 Å². The van der Waals surface area contributed by atoms with E-state index in [1.165, 1.54) is 5.56 Å². The van der Waals surface area contributed by atoms with Gasteiger partial charge in [0.15, 0.2) is 0 Å². The first-order valence-electron chi connectivity index (χ1n) is 6.03. The Kier molecular flexibility index (Phi) is 4.60. The third-order valence-corrected chi connectivity index (χ3v) is 2.54. The predicted molar refractivity (Wildman–Crippen MR) is 71.2 cm³/mol.